The number of hydrogen-bond acceptors (Lipinski definition) is 17. The number of aliphatic hydroxyl groups excluding tert-OH is 9. The molecule has 1 amide bonds. The number of unbranched alkanes of at least 4 members (excludes halogenated alkanes) is 19. The van der Waals surface area contributed by atoms with E-state index < -0.39 is 36.6 Å². The number of aliphatic hydroxyl groups is 9. The molecule has 0 aliphatic heterocycles. The molecule has 0 aliphatic carbocycles. The normalized spacial score (nSPS) is 14.5. The van der Waals surface area contributed by atoms with E-state index in [0.29, 0.717) is 25.7 Å². The van der Waals surface area contributed by atoms with E-state index in [4.69, 9.17) is 59.1 Å². The lowest BCUT2D eigenvalue weighted by Gasteiger charge is -2.20. The third-order valence-corrected chi connectivity index (χ3v) is 13.9. The summed E-state index contributed by atoms with van der Waals surface area (Å²) in [6.07, 6.45) is 31.6. The molecule has 0 aromatic heterocycles. The fourth-order valence-corrected chi connectivity index (χ4v) is 8.24. The van der Waals surface area contributed by atoms with E-state index >= 15 is 0 Å². The average Bonchev–Trinajstić information content (AvgIpc) is 3.50. The first-order chi connectivity index (χ1) is 40.4. The fraction of sp³-hybridized carbons (Fsp3) is 0.985. The van der Waals surface area contributed by atoms with Crippen molar-refractivity contribution in [1.82, 2.24) is 9.80 Å². The Morgan fingerprint density at radius 3 is 1.20 bits per heavy atom. The van der Waals surface area contributed by atoms with Crippen molar-refractivity contribution in [3.8, 4) is 0 Å². The Bertz CT molecular complexity index is 1220. The van der Waals surface area contributed by atoms with Gasteiger partial charge in [0.1, 0.15) is 36.6 Å². The van der Waals surface area contributed by atoms with E-state index in [2.05, 4.69) is 67.5 Å². The van der Waals surface area contributed by atoms with Gasteiger partial charge >= 0.3 is 0 Å². The van der Waals surface area contributed by atoms with Crippen molar-refractivity contribution in [2.45, 2.75) is 284 Å². The van der Waals surface area contributed by atoms with Crippen LogP contribution < -0.4 is 0 Å². The fourth-order valence-electron chi connectivity index (χ4n) is 8.24. The number of rotatable bonds is 56. The van der Waals surface area contributed by atoms with Gasteiger partial charge < -0.3 is 84.2 Å². The highest BCUT2D eigenvalue weighted by atomic mass is 16.6. The zero-order chi connectivity index (χ0) is 64.3. The minimum atomic E-state index is -0.937. The van der Waals surface area contributed by atoms with Crippen LogP contribution in [-0.2, 0) is 33.2 Å². The lowest BCUT2D eigenvalue weighted by atomic mass is 9.98. The molecule has 0 saturated heterocycles. The summed E-state index contributed by atoms with van der Waals surface area (Å²) in [5.74, 6) is 1.13. The molecule has 0 radical (unpaired) electrons. The first kappa shape index (κ1) is 91.6. The Hall–Kier alpha value is -1.17. The molecule has 84 heavy (non-hydrogen) atoms. The van der Waals surface area contributed by atoms with Crippen LogP contribution in [0.1, 0.15) is 242 Å². The van der Waals surface area contributed by atoms with Crippen LogP contribution in [0.3, 0.4) is 0 Å². The SMILES string of the molecule is CCCCC(CC)C(=O)N(C)C.CCCCC(CC)COCC(O)CO.CCCCCCCCC(C)OCC(O)COCC(O)CO.CCCCCCCCCCCCOCC(COCC(O)CO)OCC(O)CO.CCCCCCN(C)C. The molecule has 0 bridgehead atoms. The lowest BCUT2D eigenvalue weighted by Crippen LogP contribution is -2.32. The highest BCUT2D eigenvalue weighted by molar-refractivity contribution is 5.78. The van der Waals surface area contributed by atoms with Gasteiger partial charge in [-0.2, -0.15) is 0 Å². The van der Waals surface area contributed by atoms with Crippen molar-refractivity contribution >= 4 is 5.91 Å². The topological polar surface area (TPSA) is 261 Å². The van der Waals surface area contributed by atoms with Crippen molar-refractivity contribution in [2.24, 2.45) is 11.8 Å². The first-order valence-electron chi connectivity index (χ1n) is 33.6. The molecule has 0 aromatic rings. The minimum Gasteiger partial charge on any atom is -0.394 e. The molecule has 0 aliphatic rings. The predicted octanol–water partition coefficient (Wildman–Crippen LogP) is 9.90. The Morgan fingerprint density at radius 2 is 0.762 bits per heavy atom. The van der Waals surface area contributed by atoms with Crippen molar-refractivity contribution in [2.75, 3.05) is 127 Å². The standard InChI is InChI=1S/C21H44O7.C16H34O5.C11H24O3.C10H21NO.C8H19N/c1-2-3-4-5-6-7-8-9-10-11-12-26-17-21(28-16-20(25)14-23)18-27-15-19(24)13-22;1-3-4-5-6-7-8-9-14(2)21-13-16(19)12-20-11-15(18)10-17;1-3-5-6-10(4-2)8-14-9-11(13)7-12;1-5-7-8-9(6-2)10(12)11(3)4;1-4-5-6-7-8-9(2)3/h19-25H,2-18H2,1H3;14-19H,3-13H2,1-2H3;10-13H,3-9H2,1-2H3;9H,5-8H2,1-4H3;4-8H2,1-3H3. The quantitative estimate of drug-likeness (QED) is 0.0257. The van der Waals surface area contributed by atoms with Crippen LogP contribution in [0.5, 0.6) is 0 Å². The summed E-state index contributed by atoms with van der Waals surface area (Å²) in [4.78, 5) is 15.4. The molecular weight excluding hydrogens is 1080 g/mol. The van der Waals surface area contributed by atoms with Crippen LogP contribution in [0.25, 0.3) is 0 Å². The minimum absolute atomic E-state index is 0.00526. The second-order valence-electron chi connectivity index (χ2n) is 23.3. The molecule has 0 saturated carbocycles. The van der Waals surface area contributed by atoms with Gasteiger partial charge in [0.2, 0.25) is 5.91 Å². The van der Waals surface area contributed by atoms with Gasteiger partial charge in [0, 0.05) is 33.2 Å². The van der Waals surface area contributed by atoms with Crippen LogP contribution in [0.15, 0.2) is 0 Å². The Balaban J connectivity index is -0.000000328. The van der Waals surface area contributed by atoms with Gasteiger partial charge in [-0.3, -0.25) is 4.79 Å². The van der Waals surface area contributed by atoms with Gasteiger partial charge in [-0.15, -0.1) is 0 Å². The number of ether oxygens (including phenoxy) is 6. The van der Waals surface area contributed by atoms with Gasteiger partial charge in [-0.25, -0.2) is 0 Å². The number of nitrogens with zero attached hydrogens (tertiary/aromatic N) is 2. The molecule has 18 nitrogen and oxygen atoms in total. The number of carbonyl (C=O) groups excluding carboxylic acids is 1. The van der Waals surface area contributed by atoms with E-state index in [9.17, 15) is 20.1 Å². The summed E-state index contributed by atoms with van der Waals surface area (Å²) < 4.78 is 32.5. The monoisotopic (exact) mass is 1220 g/mol. The molecule has 0 rings (SSSR count). The maximum absolute atomic E-state index is 11.5. The number of hydrogen-bond donors (Lipinski definition) is 9. The van der Waals surface area contributed by atoms with Crippen LogP contribution in [0.2, 0.25) is 0 Å². The largest absolute Gasteiger partial charge is 0.394 e. The second-order valence-corrected chi connectivity index (χ2v) is 23.3. The van der Waals surface area contributed by atoms with Gasteiger partial charge in [0.05, 0.1) is 85.4 Å². The molecule has 9 N–H and O–H groups in total. The summed E-state index contributed by atoms with van der Waals surface area (Å²) in [6, 6.07) is 0. The van der Waals surface area contributed by atoms with E-state index in [1.165, 1.54) is 148 Å². The van der Waals surface area contributed by atoms with Crippen LogP contribution >= 0.6 is 0 Å². The van der Waals surface area contributed by atoms with E-state index in [1.807, 2.05) is 21.0 Å². The predicted molar refractivity (Wildman–Crippen MR) is 345 cm³/mol. The Kier molecular flexibility index (Phi) is 81.0. The van der Waals surface area contributed by atoms with E-state index in [1.54, 1.807) is 4.90 Å². The summed E-state index contributed by atoms with van der Waals surface area (Å²) in [5.41, 5.74) is 0. The molecule has 0 heterocycles. The highest BCUT2D eigenvalue weighted by Gasteiger charge is 2.18. The van der Waals surface area contributed by atoms with E-state index in [-0.39, 0.29) is 90.6 Å². The second kappa shape index (κ2) is 74.3. The van der Waals surface area contributed by atoms with Crippen LogP contribution in [0.4, 0.5) is 0 Å². The third-order valence-electron chi connectivity index (χ3n) is 13.9. The van der Waals surface area contributed by atoms with Gasteiger partial charge in [0.15, 0.2) is 0 Å². The average molecular weight is 1220 g/mol. The molecule has 0 spiro atoms. The molecule has 0 aromatic carbocycles. The van der Waals surface area contributed by atoms with Crippen LogP contribution in [-0.4, -0.2) is 232 Å². The molecule has 0 fully saturated rings. The molecule has 9 unspecified atom stereocenters. The lowest BCUT2D eigenvalue weighted by molar-refractivity contribution is -0.133. The molecule has 18 heteroatoms. The molecule has 512 valence electrons. The Labute approximate surface area is 516 Å². The van der Waals surface area contributed by atoms with Crippen LogP contribution in [0, 0.1) is 11.8 Å². The van der Waals surface area contributed by atoms with Gasteiger partial charge in [-0.1, -0.05) is 196 Å². The Morgan fingerprint density at radius 1 is 0.381 bits per heavy atom. The first-order valence-corrected chi connectivity index (χ1v) is 33.6. The summed E-state index contributed by atoms with van der Waals surface area (Å²) >= 11 is 0. The maximum Gasteiger partial charge on any atom is 0.225 e. The van der Waals surface area contributed by atoms with Crippen molar-refractivity contribution < 1.29 is 79.2 Å². The zero-order valence-corrected chi connectivity index (χ0v) is 56.6. The van der Waals surface area contributed by atoms with E-state index in [0.717, 1.165) is 44.9 Å². The number of amides is 1. The van der Waals surface area contributed by atoms with Crippen molar-refractivity contribution in [1.29, 1.82) is 0 Å². The van der Waals surface area contributed by atoms with Gasteiger partial charge in [0.25, 0.3) is 0 Å². The molecular formula is C66H142N2O16. The molecule has 9 atom stereocenters. The maximum atomic E-state index is 11.5. The number of carbonyl (C=O) groups is 1. The highest BCUT2D eigenvalue weighted by Crippen LogP contribution is 2.16. The zero-order valence-electron chi connectivity index (χ0n) is 56.6. The smallest absolute Gasteiger partial charge is 0.225 e. The summed E-state index contributed by atoms with van der Waals surface area (Å²) in [7, 11) is 7.92. The van der Waals surface area contributed by atoms with Gasteiger partial charge in [-0.05, 0) is 72.0 Å². The summed E-state index contributed by atoms with van der Waals surface area (Å²) in [6.45, 7) is 19.8. The van der Waals surface area contributed by atoms with Crippen molar-refractivity contribution in [3.63, 3.8) is 0 Å². The third kappa shape index (κ3) is 75.1. The summed E-state index contributed by atoms with van der Waals surface area (Å²) in [5, 5.41) is 81.3. The van der Waals surface area contributed by atoms with Crippen molar-refractivity contribution in [3.05, 3.63) is 0 Å².